The van der Waals surface area contributed by atoms with Crippen LogP contribution in [0.5, 0.6) is 11.5 Å². The summed E-state index contributed by atoms with van der Waals surface area (Å²) in [6.07, 6.45) is 0. The van der Waals surface area contributed by atoms with Crippen molar-refractivity contribution in [1.82, 2.24) is 0 Å². The Bertz CT molecular complexity index is 783. The zero-order valence-corrected chi connectivity index (χ0v) is 16.5. The first-order valence-corrected chi connectivity index (χ1v) is 8.70. The highest BCUT2D eigenvalue weighted by Gasteiger charge is 2.51. The van der Waals surface area contributed by atoms with Crippen LogP contribution in [0.25, 0.3) is 0 Å². The fourth-order valence-corrected chi connectivity index (χ4v) is 2.46. The first-order valence-electron chi connectivity index (χ1n) is 7.91. The normalized spacial score (nSPS) is 17.6. The second-order valence-corrected chi connectivity index (χ2v) is 7.81. The van der Waals surface area contributed by atoms with Gasteiger partial charge in [0.15, 0.2) is 23.1 Å². The summed E-state index contributed by atoms with van der Waals surface area (Å²) in [5, 5.41) is 17.8. The molecule has 2 aromatic rings. The van der Waals surface area contributed by atoms with Crippen LogP contribution in [-0.4, -0.2) is 28.5 Å². The highest BCUT2D eigenvalue weighted by molar-refractivity contribution is 9.10. The van der Waals surface area contributed by atoms with Crippen LogP contribution in [0.2, 0.25) is 0 Å². The number of halogens is 3. The minimum atomic E-state index is -0.669. The first-order chi connectivity index (χ1) is 11.9. The third kappa shape index (κ3) is 4.55. The molecular formula is C18H20BBrF2O4. The molecule has 1 fully saturated rings. The van der Waals surface area contributed by atoms with Gasteiger partial charge in [-0.2, -0.15) is 0 Å². The van der Waals surface area contributed by atoms with Crippen molar-refractivity contribution in [1.29, 1.82) is 0 Å². The lowest BCUT2D eigenvalue weighted by atomic mass is 9.79. The van der Waals surface area contributed by atoms with Crippen LogP contribution >= 0.6 is 15.9 Å². The summed E-state index contributed by atoms with van der Waals surface area (Å²) in [6, 6.07) is 8.20. The van der Waals surface area contributed by atoms with E-state index in [1.165, 1.54) is 24.3 Å². The van der Waals surface area contributed by atoms with Crippen LogP contribution in [0.1, 0.15) is 27.7 Å². The van der Waals surface area contributed by atoms with Gasteiger partial charge in [-0.1, -0.05) is 22.0 Å². The number of phenols is 2. The van der Waals surface area contributed by atoms with E-state index >= 15 is 0 Å². The number of hydrogen-bond acceptors (Lipinski definition) is 4. The smallest absolute Gasteiger partial charge is 0.494 e. The first kappa shape index (κ1) is 20.7. The zero-order chi connectivity index (χ0) is 19.7. The van der Waals surface area contributed by atoms with Crippen LogP contribution in [-0.2, 0) is 9.31 Å². The number of hydrogen-bond donors (Lipinski definition) is 2. The molecule has 8 heteroatoms. The molecule has 0 radical (unpaired) electrons. The molecule has 0 saturated carbocycles. The van der Waals surface area contributed by atoms with Crippen LogP contribution in [0, 0.1) is 11.6 Å². The maximum atomic E-state index is 13.3. The lowest BCUT2D eigenvalue weighted by molar-refractivity contribution is 0.00578. The Morgan fingerprint density at radius 3 is 1.73 bits per heavy atom. The van der Waals surface area contributed by atoms with Gasteiger partial charge in [-0.15, -0.1) is 0 Å². The van der Waals surface area contributed by atoms with Gasteiger partial charge in [0.1, 0.15) is 0 Å². The number of benzene rings is 2. The molecule has 1 aliphatic heterocycles. The van der Waals surface area contributed by atoms with Gasteiger partial charge in [0, 0.05) is 4.47 Å². The second kappa shape index (κ2) is 7.54. The molecule has 3 rings (SSSR count). The Morgan fingerprint density at radius 2 is 1.31 bits per heavy atom. The van der Waals surface area contributed by atoms with Gasteiger partial charge in [0.05, 0.1) is 11.2 Å². The van der Waals surface area contributed by atoms with Crippen molar-refractivity contribution in [3.63, 3.8) is 0 Å². The monoisotopic (exact) mass is 428 g/mol. The van der Waals surface area contributed by atoms with Crippen molar-refractivity contribution < 1.29 is 28.3 Å². The molecule has 0 unspecified atom stereocenters. The van der Waals surface area contributed by atoms with E-state index in [9.17, 15) is 8.78 Å². The molecule has 0 amide bonds. The third-order valence-corrected chi connectivity index (χ3v) is 4.90. The molecule has 140 valence electrons. The highest BCUT2D eigenvalue weighted by Crippen LogP contribution is 2.36. The fourth-order valence-electron chi connectivity index (χ4n) is 2.13. The summed E-state index contributed by atoms with van der Waals surface area (Å²) < 4.78 is 37.7. The Labute approximate surface area is 160 Å². The number of phenolic OH excluding ortho intramolecular Hbond substituents is 2. The number of rotatable bonds is 1. The Kier molecular flexibility index (Phi) is 6.00. The molecule has 2 N–H and O–H groups in total. The maximum Gasteiger partial charge on any atom is 0.494 e. The number of aromatic hydroxyl groups is 2. The molecule has 0 aliphatic carbocycles. The molecule has 2 aromatic carbocycles. The van der Waals surface area contributed by atoms with E-state index in [1.807, 2.05) is 27.7 Å². The summed E-state index contributed by atoms with van der Waals surface area (Å²) >= 11 is 3.05. The maximum absolute atomic E-state index is 13.3. The predicted octanol–water partition coefficient (Wildman–Crippen LogP) is 4.12. The second-order valence-electron chi connectivity index (χ2n) is 6.89. The van der Waals surface area contributed by atoms with Gasteiger partial charge >= 0.3 is 7.12 Å². The average molecular weight is 429 g/mol. The van der Waals surface area contributed by atoms with E-state index < -0.39 is 30.0 Å². The van der Waals surface area contributed by atoms with E-state index in [1.54, 1.807) is 12.1 Å². The summed E-state index contributed by atoms with van der Waals surface area (Å²) in [7, 11) is -0.602. The van der Waals surface area contributed by atoms with Gasteiger partial charge in [0.25, 0.3) is 0 Å². The molecule has 1 saturated heterocycles. The van der Waals surface area contributed by atoms with Crippen molar-refractivity contribution in [2.24, 2.45) is 0 Å². The molecule has 4 nitrogen and oxygen atoms in total. The predicted molar refractivity (Wildman–Crippen MR) is 99.5 cm³/mol. The highest BCUT2D eigenvalue weighted by atomic mass is 79.9. The van der Waals surface area contributed by atoms with E-state index in [-0.39, 0.29) is 11.5 Å². The molecule has 26 heavy (non-hydrogen) atoms. The van der Waals surface area contributed by atoms with Gasteiger partial charge in [-0.3, -0.25) is 0 Å². The standard InChI is InChI=1S/C12H16BFO3.C6H4BrFO/c1-11(2)12(3,4)17-13(16-11)8-5-6-10(15)9(14)7-8;7-4-1-2-6(9)5(8)3-4/h5-7,15H,1-4H3;1-3,9H. The van der Waals surface area contributed by atoms with E-state index in [2.05, 4.69) is 15.9 Å². The third-order valence-electron chi connectivity index (χ3n) is 4.41. The zero-order valence-electron chi connectivity index (χ0n) is 14.9. The van der Waals surface area contributed by atoms with Gasteiger partial charge < -0.3 is 19.5 Å². The Balaban J connectivity index is 0.000000228. The van der Waals surface area contributed by atoms with Crippen LogP contribution in [0.4, 0.5) is 8.78 Å². The van der Waals surface area contributed by atoms with E-state index in [4.69, 9.17) is 19.5 Å². The van der Waals surface area contributed by atoms with Gasteiger partial charge in [-0.05, 0) is 63.5 Å². The topological polar surface area (TPSA) is 58.9 Å². The summed E-state index contributed by atoms with van der Waals surface area (Å²) in [6.45, 7) is 7.74. The molecule has 0 bridgehead atoms. The fraction of sp³-hybridized carbons (Fsp3) is 0.333. The largest absolute Gasteiger partial charge is 0.505 e. The lowest BCUT2D eigenvalue weighted by Gasteiger charge is -2.32. The van der Waals surface area contributed by atoms with Crippen molar-refractivity contribution in [2.45, 2.75) is 38.9 Å². The van der Waals surface area contributed by atoms with Crippen LogP contribution in [0.3, 0.4) is 0 Å². The van der Waals surface area contributed by atoms with Crippen LogP contribution < -0.4 is 5.46 Å². The quantitative estimate of drug-likeness (QED) is 0.670. The van der Waals surface area contributed by atoms with Crippen molar-refractivity contribution in [3.8, 4) is 11.5 Å². The SMILES string of the molecule is CC1(C)OB(c2ccc(O)c(F)c2)OC1(C)C.Oc1ccc(Br)cc1F. The Morgan fingerprint density at radius 1 is 0.846 bits per heavy atom. The minimum Gasteiger partial charge on any atom is -0.505 e. The van der Waals surface area contributed by atoms with Crippen molar-refractivity contribution in [2.75, 3.05) is 0 Å². The molecule has 0 atom stereocenters. The summed E-state index contributed by atoms with van der Waals surface area (Å²) in [5.74, 6) is -1.97. The van der Waals surface area contributed by atoms with Crippen molar-refractivity contribution >= 4 is 28.5 Å². The molecule has 1 aliphatic rings. The molecule has 1 heterocycles. The summed E-state index contributed by atoms with van der Waals surface area (Å²) in [4.78, 5) is 0. The average Bonchev–Trinajstić information content (AvgIpc) is 2.75. The van der Waals surface area contributed by atoms with E-state index in [0.29, 0.717) is 9.94 Å². The van der Waals surface area contributed by atoms with Gasteiger partial charge in [0.2, 0.25) is 0 Å². The lowest BCUT2D eigenvalue weighted by Crippen LogP contribution is -2.41. The molecule has 0 aromatic heterocycles. The Hall–Kier alpha value is -1.64. The summed E-state index contributed by atoms with van der Waals surface area (Å²) in [5.41, 5.74) is -0.336. The molecule has 0 spiro atoms. The van der Waals surface area contributed by atoms with Crippen molar-refractivity contribution in [3.05, 3.63) is 52.5 Å². The molecular weight excluding hydrogens is 409 g/mol. The minimum absolute atomic E-state index is 0.321. The van der Waals surface area contributed by atoms with Crippen LogP contribution in [0.15, 0.2) is 40.9 Å². The van der Waals surface area contributed by atoms with E-state index in [0.717, 1.165) is 0 Å². The van der Waals surface area contributed by atoms with Gasteiger partial charge in [-0.25, -0.2) is 8.78 Å².